The highest BCUT2D eigenvalue weighted by Crippen LogP contribution is 2.34. The summed E-state index contributed by atoms with van der Waals surface area (Å²) in [5.74, 6) is 0. The molecule has 3 N–H and O–H groups in total. The Hall–Kier alpha value is 0.190. The lowest BCUT2D eigenvalue weighted by Crippen LogP contribution is -2.34. The lowest BCUT2D eigenvalue weighted by atomic mass is 10.1. The molecule has 5 heteroatoms. The van der Waals surface area contributed by atoms with Gasteiger partial charge in [0.25, 0.3) is 0 Å². The van der Waals surface area contributed by atoms with Crippen LogP contribution in [-0.4, -0.2) is 51.9 Å². The van der Waals surface area contributed by atoms with Crippen LogP contribution in [-0.2, 0) is 4.74 Å². The van der Waals surface area contributed by atoms with Crippen molar-refractivity contribution < 1.29 is 20.1 Å². The molecule has 0 saturated carbocycles. The minimum Gasteiger partial charge on any atom is -0.395 e. The Morgan fingerprint density at radius 1 is 1.36 bits per heavy atom. The van der Waals surface area contributed by atoms with Crippen molar-refractivity contribution in [2.45, 2.75) is 22.9 Å². The molecule has 0 spiro atoms. The highest BCUT2D eigenvalue weighted by molar-refractivity contribution is 8.00. The van der Waals surface area contributed by atoms with E-state index in [9.17, 15) is 10.2 Å². The van der Waals surface area contributed by atoms with Crippen molar-refractivity contribution in [3.8, 4) is 0 Å². The fourth-order valence-corrected chi connectivity index (χ4v) is 2.25. The zero-order chi connectivity index (χ0) is 8.43. The Kier molecular flexibility index (Phi) is 3.15. The van der Waals surface area contributed by atoms with E-state index in [-0.39, 0.29) is 11.9 Å². The van der Waals surface area contributed by atoms with E-state index in [1.165, 1.54) is 18.9 Å². The number of methoxy groups -OCH3 is 1. The molecule has 0 aromatic heterocycles. The Morgan fingerprint density at radius 2 is 2.00 bits per heavy atom. The summed E-state index contributed by atoms with van der Waals surface area (Å²) in [7, 11) is 1.47. The fourth-order valence-electron chi connectivity index (χ4n) is 1.06. The molecule has 1 aliphatic rings. The van der Waals surface area contributed by atoms with Gasteiger partial charge in [-0.05, 0) is 0 Å². The first-order valence-corrected chi connectivity index (χ1v) is 4.30. The van der Waals surface area contributed by atoms with Gasteiger partial charge in [0.1, 0.15) is 11.5 Å². The minimum absolute atomic E-state index is 0.136. The van der Waals surface area contributed by atoms with Crippen molar-refractivity contribution in [3.63, 3.8) is 0 Å². The topological polar surface area (TPSA) is 69.9 Å². The molecule has 0 amide bonds. The Balaban J connectivity index is 2.53. The third kappa shape index (κ3) is 1.68. The summed E-state index contributed by atoms with van der Waals surface area (Å²) >= 11 is 1.25. The van der Waals surface area contributed by atoms with Crippen LogP contribution < -0.4 is 0 Å². The molecular weight excluding hydrogens is 168 g/mol. The van der Waals surface area contributed by atoms with E-state index >= 15 is 0 Å². The molecular formula is C6H12O4S. The van der Waals surface area contributed by atoms with Gasteiger partial charge in [0.2, 0.25) is 0 Å². The summed E-state index contributed by atoms with van der Waals surface area (Å²) in [6.07, 6.45) is -1.77. The number of rotatable bonds is 2. The Bertz CT molecular complexity index is 114. The molecule has 4 atom stereocenters. The predicted molar refractivity (Wildman–Crippen MR) is 41.3 cm³/mol. The maximum Gasteiger partial charge on any atom is 0.131 e. The van der Waals surface area contributed by atoms with Crippen LogP contribution in [0.2, 0.25) is 0 Å². The summed E-state index contributed by atoms with van der Waals surface area (Å²) in [6, 6.07) is 0. The van der Waals surface area contributed by atoms with Crippen LogP contribution in [0.25, 0.3) is 0 Å². The first-order chi connectivity index (χ1) is 5.20. The zero-order valence-corrected chi connectivity index (χ0v) is 6.99. The molecule has 1 fully saturated rings. The quantitative estimate of drug-likeness (QED) is 0.497. The second-order valence-electron chi connectivity index (χ2n) is 2.44. The van der Waals surface area contributed by atoms with E-state index in [2.05, 4.69) is 0 Å². The van der Waals surface area contributed by atoms with E-state index < -0.39 is 17.6 Å². The molecule has 0 aliphatic carbocycles. The molecule has 1 rings (SSSR count). The molecule has 1 heterocycles. The van der Waals surface area contributed by atoms with Gasteiger partial charge >= 0.3 is 0 Å². The van der Waals surface area contributed by atoms with Crippen molar-refractivity contribution in [2.24, 2.45) is 0 Å². The summed E-state index contributed by atoms with van der Waals surface area (Å²) in [6.45, 7) is -0.136. The lowest BCUT2D eigenvalue weighted by molar-refractivity contribution is -0.0308. The molecule has 0 bridgehead atoms. The molecule has 0 aromatic carbocycles. The molecule has 1 saturated heterocycles. The molecule has 1 unspecified atom stereocenters. The van der Waals surface area contributed by atoms with Crippen LogP contribution in [0.3, 0.4) is 0 Å². The number of hydrogen-bond acceptors (Lipinski definition) is 5. The average molecular weight is 180 g/mol. The Labute approximate surface area is 69.2 Å². The number of hydrogen-bond donors (Lipinski definition) is 3. The first-order valence-electron chi connectivity index (χ1n) is 3.36. The van der Waals surface area contributed by atoms with Crippen LogP contribution in [0.5, 0.6) is 0 Å². The lowest BCUT2D eigenvalue weighted by Gasteiger charge is -2.13. The second-order valence-corrected chi connectivity index (χ2v) is 3.78. The zero-order valence-electron chi connectivity index (χ0n) is 6.17. The molecule has 0 radical (unpaired) electrons. The van der Waals surface area contributed by atoms with E-state index in [0.29, 0.717) is 0 Å². The highest BCUT2D eigenvalue weighted by Gasteiger charge is 2.41. The molecule has 1 aliphatic heterocycles. The maximum absolute atomic E-state index is 9.25. The van der Waals surface area contributed by atoms with Crippen molar-refractivity contribution in [2.75, 3.05) is 13.7 Å². The van der Waals surface area contributed by atoms with Gasteiger partial charge in [-0.2, -0.15) is 0 Å². The summed E-state index contributed by atoms with van der Waals surface area (Å²) in [5, 5.41) is 26.9. The third-order valence-corrected chi connectivity index (χ3v) is 3.25. The van der Waals surface area contributed by atoms with Gasteiger partial charge in [0.15, 0.2) is 0 Å². The van der Waals surface area contributed by atoms with Gasteiger partial charge in [0, 0.05) is 7.11 Å². The average Bonchev–Trinajstić information content (AvgIpc) is 2.30. The molecule has 66 valence electrons. The van der Waals surface area contributed by atoms with Crippen LogP contribution >= 0.6 is 11.8 Å². The van der Waals surface area contributed by atoms with Crippen molar-refractivity contribution in [1.29, 1.82) is 0 Å². The third-order valence-electron chi connectivity index (χ3n) is 1.73. The van der Waals surface area contributed by atoms with E-state index in [1.54, 1.807) is 0 Å². The first kappa shape index (κ1) is 9.28. The largest absolute Gasteiger partial charge is 0.395 e. The number of ether oxygens (including phenoxy) is 1. The smallest absolute Gasteiger partial charge is 0.131 e. The van der Waals surface area contributed by atoms with Gasteiger partial charge in [-0.3, -0.25) is 0 Å². The number of thioether (sulfide) groups is 1. The van der Waals surface area contributed by atoms with E-state index in [0.717, 1.165) is 0 Å². The van der Waals surface area contributed by atoms with Gasteiger partial charge < -0.3 is 20.1 Å². The normalized spacial score (nSPS) is 44.7. The maximum atomic E-state index is 9.25. The minimum atomic E-state index is -0.887. The molecule has 0 aromatic rings. The second kappa shape index (κ2) is 3.73. The monoisotopic (exact) mass is 180 g/mol. The fraction of sp³-hybridized carbons (Fsp3) is 1.00. The van der Waals surface area contributed by atoms with Crippen LogP contribution in [0, 0.1) is 0 Å². The standard InChI is InChI=1S/C6H12O4S/c1-10-6-5(9)4(8)3(2-7)11-6/h3-9H,2H2,1H3/t3-,4-,5-,6?/m1/s1. The van der Waals surface area contributed by atoms with Crippen LogP contribution in [0.4, 0.5) is 0 Å². The SMILES string of the molecule is COC1S[C@H](CO)[C@@H](O)[C@H]1O. The van der Waals surface area contributed by atoms with E-state index in [1.807, 2.05) is 0 Å². The van der Waals surface area contributed by atoms with Gasteiger partial charge in [0.05, 0.1) is 18.0 Å². The van der Waals surface area contributed by atoms with Crippen molar-refractivity contribution in [1.82, 2.24) is 0 Å². The van der Waals surface area contributed by atoms with Gasteiger partial charge in [-0.1, -0.05) is 0 Å². The number of aliphatic hydroxyl groups excluding tert-OH is 3. The summed E-state index contributed by atoms with van der Waals surface area (Å²) in [5.41, 5.74) is -0.415. The summed E-state index contributed by atoms with van der Waals surface area (Å²) in [4.78, 5) is 0. The van der Waals surface area contributed by atoms with Crippen molar-refractivity contribution in [3.05, 3.63) is 0 Å². The van der Waals surface area contributed by atoms with E-state index in [4.69, 9.17) is 9.84 Å². The summed E-state index contributed by atoms with van der Waals surface area (Å²) < 4.78 is 4.87. The highest BCUT2D eigenvalue weighted by atomic mass is 32.2. The molecule has 11 heavy (non-hydrogen) atoms. The van der Waals surface area contributed by atoms with Crippen LogP contribution in [0.15, 0.2) is 0 Å². The van der Waals surface area contributed by atoms with Crippen molar-refractivity contribution >= 4 is 11.8 Å². The Morgan fingerprint density at radius 3 is 2.27 bits per heavy atom. The molecule has 4 nitrogen and oxygen atoms in total. The van der Waals surface area contributed by atoms with Gasteiger partial charge in [-0.15, -0.1) is 11.8 Å². The van der Waals surface area contributed by atoms with Crippen LogP contribution in [0.1, 0.15) is 0 Å². The van der Waals surface area contributed by atoms with Gasteiger partial charge in [-0.25, -0.2) is 0 Å². The number of aliphatic hydroxyl groups is 3. The predicted octanol–water partition coefficient (Wildman–Crippen LogP) is -1.21.